The Labute approximate surface area is 111 Å². The van der Waals surface area contributed by atoms with Crippen molar-refractivity contribution in [1.29, 1.82) is 0 Å². The number of aliphatic hydroxyl groups is 1. The summed E-state index contributed by atoms with van der Waals surface area (Å²) in [5.74, 6) is 3.03. The zero-order valence-electron chi connectivity index (χ0n) is 11.7. The number of nitrogens with one attached hydrogen (secondary N) is 1. The van der Waals surface area contributed by atoms with Crippen LogP contribution in [0, 0.1) is 5.92 Å². The second-order valence-corrected chi connectivity index (χ2v) is 7.17. The Morgan fingerprint density at radius 2 is 1.82 bits per heavy atom. The second kappa shape index (κ2) is 7.65. The molecule has 2 nitrogen and oxygen atoms in total. The van der Waals surface area contributed by atoms with E-state index in [9.17, 15) is 5.11 Å². The highest BCUT2D eigenvalue weighted by Crippen LogP contribution is 2.26. The average molecular weight is 259 g/mol. The van der Waals surface area contributed by atoms with Gasteiger partial charge in [-0.1, -0.05) is 26.7 Å². The molecule has 0 bridgehead atoms. The maximum atomic E-state index is 10.4. The first-order valence-corrected chi connectivity index (χ1v) is 8.21. The van der Waals surface area contributed by atoms with Gasteiger partial charge in [-0.2, -0.15) is 11.8 Å². The molecule has 0 saturated carbocycles. The van der Waals surface area contributed by atoms with E-state index >= 15 is 0 Å². The van der Waals surface area contributed by atoms with Gasteiger partial charge in [-0.3, -0.25) is 0 Å². The van der Waals surface area contributed by atoms with Crippen molar-refractivity contribution in [2.24, 2.45) is 5.92 Å². The molecule has 3 heteroatoms. The molecule has 1 rings (SSSR count). The van der Waals surface area contributed by atoms with Crippen molar-refractivity contribution < 1.29 is 5.11 Å². The lowest BCUT2D eigenvalue weighted by atomic mass is 9.96. The van der Waals surface area contributed by atoms with Crippen LogP contribution in [-0.2, 0) is 0 Å². The van der Waals surface area contributed by atoms with Crippen molar-refractivity contribution in [1.82, 2.24) is 5.32 Å². The molecule has 0 spiro atoms. The summed E-state index contributed by atoms with van der Waals surface area (Å²) in [5, 5.41) is 13.9. The first-order valence-electron chi connectivity index (χ1n) is 7.05. The molecule has 1 aliphatic rings. The molecule has 0 aliphatic carbocycles. The van der Waals surface area contributed by atoms with Gasteiger partial charge in [0.15, 0.2) is 0 Å². The molecule has 0 aromatic heterocycles. The van der Waals surface area contributed by atoms with E-state index in [1.165, 1.54) is 19.3 Å². The van der Waals surface area contributed by atoms with E-state index in [1.807, 2.05) is 11.8 Å². The zero-order valence-corrected chi connectivity index (χ0v) is 12.5. The molecule has 17 heavy (non-hydrogen) atoms. The Hall–Kier alpha value is 0.270. The van der Waals surface area contributed by atoms with E-state index in [-0.39, 0.29) is 0 Å². The Kier molecular flexibility index (Phi) is 6.90. The van der Waals surface area contributed by atoms with E-state index in [1.54, 1.807) is 0 Å². The summed E-state index contributed by atoms with van der Waals surface area (Å²) in [6, 6.07) is 0.535. The summed E-state index contributed by atoms with van der Waals surface area (Å²) < 4.78 is 0. The molecule has 1 heterocycles. The largest absolute Gasteiger partial charge is 0.389 e. The third-order valence-corrected chi connectivity index (χ3v) is 4.61. The molecule has 102 valence electrons. The van der Waals surface area contributed by atoms with Gasteiger partial charge in [0.1, 0.15) is 0 Å². The summed E-state index contributed by atoms with van der Waals surface area (Å²) in [4.78, 5) is 0. The molecule has 1 saturated heterocycles. The normalized spacial score (nSPS) is 21.7. The smallest absolute Gasteiger partial charge is 0.0787 e. The van der Waals surface area contributed by atoms with Gasteiger partial charge >= 0.3 is 0 Å². The molecule has 1 atom stereocenters. The maximum absolute atomic E-state index is 10.4. The Bertz CT molecular complexity index is 202. The van der Waals surface area contributed by atoms with Crippen LogP contribution in [0.25, 0.3) is 0 Å². The van der Waals surface area contributed by atoms with Crippen molar-refractivity contribution in [3.8, 4) is 0 Å². The van der Waals surface area contributed by atoms with E-state index in [0.717, 1.165) is 36.8 Å². The van der Waals surface area contributed by atoms with Crippen LogP contribution >= 0.6 is 11.8 Å². The summed E-state index contributed by atoms with van der Waals surface area (Å²) in [7, 11) is 0. The number of hydrogen-bond donors (Lipinski definition) is 2. The number of rotatable bonds is 7. The molecular formula is C14H29NOS. The fourth-order valence-corrected chi connectivity index (χ4v) is 3.48. The maximum Gasteiger partial charge on any atom is 0.0787 e. The lowest BCUT2D eigenvalue weighted by molar-refractivity contribution is 0.0297. The van der Waals surface area contributed by atoms with Crippen LogP contribution in [0.3, 0.4) is 0 Å². The lowest BCUT2D eigenvalue weighted by Gasteiger charge is -2.33. The fourth-order valence-electron chi connectivity index (χ4n) is 2.23. The van der Waals surface area contributed by atoms with Gasteiger partial charge in [0.25, 0.3) is 0 Å². The Balaban J connectivity index is 2.11. The highest BCUT2D eigenvalue weighted by molar-refractivity contribution is 7.99. The first kappa shape index (κ1) is 15.3. The molecule has 0 aromatic carbocycles. The Morgan fingerprint density at radius 3 is 2.41 bits per heavy atom. The minimum atomic E-state index is -0.433. The third-order valence-electron chi connectivity index (χ3n) is 3.62. The summed E-state index contributed by atoms with van der Waals surface area (Å²) in [6.07, 6.45) is 5.73. The van der Waals surface area contributed by atoms with Crippen LogP contribution in [0.2, 0.25) is 0 Å². The van der Waals surface area contributed by atoms with Crippen LogP contribution < -0.4 is 5.32 Å². The Morgan fingerprint density at radius 1 is 1.18 bits per heavy atom. The van der Waals surface area contributed by atoms with Gasteiger partial charge in [-0.25, -0.2) is 0 Å². The van der Waals surface area contributed by atoms with Crippen molar-refractivity contribution in [2.45, 2.75) is 64.5 Å². The second-order valence-electron chi connectivity index (χ2n) is 5.94. The molecule has 0 radical (unpaired) electrons. The molecule has 0 aromatic rings. The van der Waals surface area contributed by atoms with Gasteiger partial charge in [-0.15, -0.1) is 0 Å². The molecule has 1 aliphatic heterocycles. The predicted octanol–water partition coefficient (Wildman–Crippen LogP) is 3.05. The monoisotopic (exact) mass is 259 g/mol. The van der Waals surface area contributed by atoms with Crippen molar-refractivity contribution >= 4 is 11.8 Å². The number of hydrogen-bond acceptors (Lipinski definition) is 3. The summed E-state index contributed by atoms with van der Waals surface area (Å²) >= 11 is 1.96. The molecule has 2 N–H and O–H groups in total. The van der Waals surface area contributed by atoms with Crippen molar-refractivity contribution in [3.05, 3.63) is 0 Å². The topological polar surface area (TPSA) is 32.3 Å². The lowest BCUT2D eigenvalue weighted by Crippen LogP contribution is -2.46. The van der Waals surface area contributed by atoms with Crippen molar-refractivity contribution in [2.75, 3.05) is 18.1 Å². The van der Waals surface area contributed by atoms with Crippen LogP contribution in [0.4, 0.5) is 0 Å². The highest BCUT2D eigenvalue weighted by atomic mass is 32.2. The van der Waals surface area contributed by atoms with Crippen LogP contribution in [0.5, 0.6) is 0 Å². The van der Waals surface area contributed by atoms with E-state index in [4.69, 9.17) is 0 Å². The summed E-state index contributed by atoms with van der Waals surface area (Å²) in [6.45, 7) is 7.57. The third kappa shape index (κ3) is 6.68. The highest BCUT2D eigenvalue weighted by Gasteiger charge is 2.29. The molecule has 0 amide bonds. The van der Waals surface area contributed by atoms with Crippen molar-refractivity contribution in [3.63, 3.8) is 0 Å². The van der Waals surface area contributed by atoms with Gasteiger partial charge < -0.3 is 10.4 Å². The number of thioether (sulfide) groups is 1. The van der Waals surface area contributed by atoms with Gasteiger partial charge in [0.05, 0.1) is 5.60 Å². The van der Waals surface area contributed by atoms with Gasteiger partial charge in [0, 0.05) is 12.6 Å². The molecule has 1 unspecified atom stereocenters. The van der Waals surface area contributed by atoms with E-state index < -0.39 is 5.60 Å². The van der Waals surface area contributed by atoms with Gasteiger partial charge in [0.2, 0.25) is 0 Å². The quantitative estimate of drug-likeness (QED) is 0.737. The first-order chi connectivity index (χ1) is 8.02. The SMILES string of the molecule is CC(C)CCCC(C)NCC1(O)CCSCC1. The minimum absolute atomic E-state index is 0.433. The minimum Gasteiger partial charge on any atom is -0.389 e. The van der Waals surface area contributed by atoms with Crippen LogP contribution in [0.15, 0.2) is 0 Å². The molecule has 1 fully saturated rings. The summed E-state index contributed by atoms with van der Waals surface area (Å²) in [5.41, 5.74) is -0.433. The molecular weight excluding hydrogens is 230 g/mol. The predicted molar refractivity (Wildman–Crippen MR) is 77.7 cm³/mol. The average Bonchev–Trinajstić information content (AvgIpc) is 2.27. The van der Waals surface area contributed by atoms with E-state index in [0.29, 0.717) is 6.04 Å². The zero-order chi connectivity index (χ0) is 12.7. The van der Waals surface area contributed by atoms with Crippen LogP contribution in [0.1, 0.15) is 52.9 Å². The van der Waals surface area contributed by atoms with Gasteiger partial charge in [-0.05, 0) is 43.6 Å². The van der Waals surface area contributed by atoms with E-state index in [2.05, 4.69) is 26.1 Å². The fraction of sp³-hybridized carbons (Fsp3) is 1.00. The standard InChI is InChI=1S/C14H29NOS/c1-12(2)5-4-6-13(3)15-11-14(16)7-9-17-10-8-14/h12-13,15-16H,4-11H2,1-3H3. The van der Waals surface area contributed by atoms with Crippen LogP contribution in [-0.4, -0.2) is 34.8 Å².